The standard InChI is InChI=1S/C21H31N5O2/c1-16-12-18(24-10-8-23(2)9-11-24)13-19(22-16)17-5-7-26(14-17)21(28)15-25-6-3-4-20(25)27/h12-13,17H,3-11,14-15H2,1-2H3/t17-/m0/s1. The second-order valence-corrected chi connectivity index (χ2v) is 8.43. The zero-order chi connectivity index (χ0) is 19.7. The molecule has 1 aromatic rings. The highest BCUT2D eigenvalue weighted by atomic mass is 16.2. The SMILES string of the molecule is Cc1cc(N2CCN(C)CC2)cc([C@H]2CCN(C(=O)CN3CCCC3=O)C2)n1. The summed E-state index contributed by atoms with van der Waals surface area (Å²) < 4.78 is 0. The van der Waals surface area contributed by atoms with Gasteiger partial charge in [-0.1, -0.05) is 0 Å². The van der Waals surface area contributed by atoms with Crippen LogP contribution in [-0.2, 0) is 9.59 Å². The molecule has 0 aromatic carbocycles. The van der Waals surface area contributed by atoms with Crippen molar-refractivity contribution in [3.8, 4) is 0 Å². The van der Waals surface area contributed by atoms with Crippen molar-refractivity contribution in [2.75, 3.05) is 64.3 Å². The lowest BCUT2D eigenvalue weighted by Gasteiger charge is -2.34. The second kappa shape index (κ2) is 8.07. The van der Waals surface area contributed by atoms with Gasteiger partial charge in [-0.3, -0.25) is 14.6 Å². The van der Waals surface area contributed by atoms with Gasteiger partial charge in [-0.15, -0.1) is 0 Å². The third-order valence-electron chi connectivity index (χ3n) is 6.28. The van der Waals surface area contributed by atoms with E-state index in [4.69, 9.17) is 4.98 Å². The number of likely N-dealkylation sites (N-methyl/N-ethyl adjacent to an activating group) is 1. The van der Waals surface area contributed by atoms with Gasteiger partial charge in [0, 0.05) is 75.2 Å². The van der Waals surface area contributed by atoms with E-state index in [0.717, 1.165) is 63.5 Å². The Kier molecular flexibility index (Phi) is 5.53. The summed E-state index contributed by atoms with van der Waals surface area (Å²) in [6.45, 7) is 8.71. The molecule has 0 unspecified atom stereocenters. The number of amides is 2. The minimum Gasteiger partial charge on any atom is -0.369 e. The zero-order valence-electron chi connectivity index (χ0n) is 17.1. The van der Waals surface area contributed by atoms with E-state index in [-0.39, 0.29) is 24.3 Å². The highest BCUT2D eigenvalue weighted by Gasteiger charge is 2.31. The van der Waals surface area contributed by atoms with E-state index >= 15 is 0 Å². The molecule has 3 aliphatic rings. The molecule has 4 heterocycles. The van der Waals surface area contributed by atoms with E-state index in [1.54, 1.807) is 4.90 Å². The van der Waals surface area contributed by atoms with E-state index in [9.17, 15) is 9.59 Å². The molecule has 4 rings (SSSR count). The normalized spacial score (nSPS) is 23.7. The molecule has 7 nitrogen and oxygen atoms in total. The Bertz CT molecular complexity index is 744. The number of carbonyl (C=O) groups excluding carboxylic acids is 2. The van der Waals surface area contributed by atoms with Crippen LogP contribution in [0.25, 0.3) is 0 Å². The lowest BCUT2D eigenvalue weighted by atomic mass is 10.0. The number of likely N-dealkylation sites (tertiary alicyclic amines) is 2. The number of aryl methyl sites for hydroxylation is 1. The number of rotatable bonds is 4. The number of piperazine rings is 1. The van der Waals surface area contributed by atoms with Crippen LogP contribution in [0, 0.1) is 6.92 Å². The minimum atomic E-state index is 0.0738. The van der Waals surface area contributed by atoms with Crippen molar-refractivity contribution in [3.63, 3.8) is 0 Å². The van der Waals surface area contributed by atoms with Gasteiger partial charge in [-0.05, 0) is 38.9 Å². The van der Waals surface area contributed by atoms with Gasteiger partial charge in [0.25, 0.3) is 0 Å². The Balaban J connectivity index is 1.40. The Hall–Kier alpha value is -2.15. The van der Waals surface area contributed by atoms with Crippen LogP contribution in [0.3, 0.4) is 0 Å². The average Bonchev–Trinajstić information content (AvgIpc) is 3.32. The minimum absolute atomic E-state index is 0.0738. The quantitative estimate of drug-likeness (QED) is 0.776. The lowest BCUT2D eigenvalue weighted by molar-refractivity contribution is -0.137. The van der Waals surface area contributed by atoms with E-state index in [2.05, 4.69) is 35.9 Å². The van der Waals surface area contributed by atoms with Crippen molar-refractivity contribution in [3.05, 3.63) is 23.5 Å². The summed E-state index contributed by atoms with van der Waals surface area (Å²) in [4.78, 5) is 37.6. The van der Waals surface area contributed by atoms with Gasteiger partial charge >= 0.3 is 0 Å². The van der Waals surface area contributed by atoms with Gasteiger partial charge in [-0.2, -0.15) is 0 Å². The van der Waals surface area contributed by atoms with E-state index in [1.165, 1.54) is 5.69 Å². The molecule has 152 valence electrons. The van der Waals surface area contributed by atoms with E-state index < -0.39 is 0 Å². The molecular weight excluding hydrogens is 354 g/mol. The number of pyridine rings is 1. The molecule has 3 fully saturated rings. The van der Waals surface area contributed by atoms with E-state index in [1.807, 2.05) is 4.90 Å². The van der Waals surface area contributed by atoms with Gasteiger partial charge in [-0.25, -0.2) is 0 Å². The Morgan fingerprint density at radius 3 is 2.64 bits per heavy atom. The molecule has 2 amide bonds. The number of anilines is 1. The van der Waals surface area contributed by atoms with Gasteiger partial charge < -0.3 is 19.6 Å². The predicted octanol–water partition coefficient (Wildman–Crippen LogP) is 1.08. The summed E-state index contributed by atoms with van der Waals surface area (Å²) in [5.74, 6) is 0.468. The van der Waals surface area contributed by atoms with Gasteiger partial charge in [0.2, 0.25) is 11.8 Å². The smallest absolute Gasteiger partial charge is 0.242 e. The van der Waals surface area contributed by atoms with Crippen LogP contribution < -0.4 is 4.90 Å². The summed E-state index contributed by atoms with van der Waals surface area (Å²) in [7, 11) is 2.17. The summed E-state index contributed by atoms with van der Waals surface area (Å²) in [5.41, 5.74) is 3.39. The molecule has 7 heteroatoms. The molecule has 0 bridgehead atoms. The van der Waals surface area contributed by atoms with Crippen molar-refractivity contribution in [1.29, 1.82) is 0 Å². The molecule has 0 saturated carbocycles. The van der Waals surface area contributed by atoms with Crippen molar-refractivity contribution >= 4 is 17.5 Å². The highest BCUT2D eigenvalue weighted by molar-refractivity contribution is 5.86. The zero-order valence-corrected chi connectivity index (χ0v) is 17.1. The number of aromatic nitrogens is 1. The first-order valence-electron chi connectivity index (χ1n) is 10.5. The van der Waals surface area contributed by atoms with Crippen molar-refractivity contribution in [2.45, 2.75) is 32.1 Å². The predicted molar refractivity (Wildman–Crippen MR) is 108 cm³/mol. The number of hydrogen-bond donors (Lipinski definition) is 0. The van der Waals surface area contributed by atoms with Crippen LogP contribution in [0.1, 0.15) is 36.6 Å². The summed E-state index contributed by atoms with van der Waals surface area (Å²) in [6, 6.07) is 4.40. The maximum absolute atomic E-state index is 12.6. The van der Waals surface area contributed by atoms with Crippen molar-refractivity contribution < 1.29 is 9.59 Å². The fourth-order valence-electron chi connectivity index (χ4n) is 4.49. The van der Waals surface area contributed by atoms with Crippen molar-refractivity contribution in [2.24, 2.45) is 0 Å². The molecule has 0 radical (unpaired) electrons. The van der Waals surface area contributed by atoms with E-state index in [0.29, 0.717) is 13.0 Å². The summed E-state index contributed by atoms with van der Waals surface area (Å²) >= 11 is 0. The van der Waals surface area contributed by atoms with Crippen LogP contribution in [-0.4, -0.2) is 90.9 Å². The molecule has 1 atom stereocenters. The Labute approximate surface area is 167 Å². The second-order valence-electron chi connectivity index (χ2n) is 8.43. The first kappa shape index (κ1) is 19.2. The maximum atomic E-state index is 12.6. The topological polar surface area (TPSA) is 60.0 Å². The monoisotopic (exact) mass is 385 g/mol. The summed E-state index contributed by atoms with van der Waals surface area (Å²) in [5, 5.41) is 0. The first-order chi connectivity index (χ1) is 13.5. The molecule has 0 N–H and O–H groups in total. The first-order valence-corrected chi connectivity index (χ1v) is 10.5. The molecule has 3 aliphatic heterocycles. The third kappa shape index (κ3) is 4.14. The lowest BCUT2D eigenvalue weighted by Crippen LogP contribution is -2.44. The van der Waals surface area contributed by atoms with Crippen LogP contribution in [0.2, 0.25) is 0 Å². The van der Waals surface area contributed by atoms with Crippen LogP contribution in [0.15, 0.2) is 12.1 Å². The number of nitrogens with zero attached hydrogens (tertiary/aromatic N) is 5. The Morgan fingerprint density at radius 1 is 1.14 bits per heavy atom. The number of carbonyl (C=O) groups is 2. The van der Waals surface area contributed by atoms with Crippen molar-refractivity contribution in [1.82, 2.24) is 19.7 Å². The fourth-order valence-corrected chi connectivity index (χ4v) is 4.49. The van der Waals surface area contributed by atoms with Gasteiger partial charge in [0.15, 0.2) is 0 Å². The Morgan fingerprint density at radius 2 is 1.93 bits per heavy atom. The van der Waals surface area contributed by atoms with Crippen LogP contribution in [0.5, 0.6) is 0 Å². The fraction of sp³-hybridized carbons (Fsp3) is 0.667. The highest BCUT2D eigenvalue weighted by Crippen LogP contribution is 2.29. The molecule has 1 aromatic heterocycles. The van der Waals surface area contributed by atoms with Crippen LogP contribution in [0.4, 0.5) is 5.69 Å². The number of hydrogen-bond acceptors (Lipinski definition) is 5. The molecular formula is C21H31N5O2. The molecule has 0 spiro atoms. The maximum Gasteiger partial charge on any atom is 0.242 e. The van der Waals surface area contributed by atoms with Gasteiger partial charge in [0.05, 0.1) is 6.54 Å². The summed E-state index contributed by atoms with van der Waals surface area (Å²) in [6.07, 6.45) is 2.40. The third-order valence-corrected chi connectivity index (χ3v) is 6.28. The average molecular weight is 386 g/mol. The molecule has 0 aliphatic carbocycles. The molecule has 28 heavy (non-hydrogen) atoms. The van der Waals surface area contributed by atoms with Gasteiger partial charge in [0.1, 0.15) is 0 Å². The van der Waals surface area contributed by atoms with Crippen LogP contribution >= 0.6 is 0 Å². The largest absolute Gasteiger partial charge is 0.369 e. The molecule has 3 saturated heterocycles.